The van der Waals surface area contributed by atoms with Gasteiger partial charge in [-0.05, 0) is 54.3 Å². The minimum absolute atomic E-state index is 0.0169. The van der Waals surface area contributed by atoms with E-state index < -0.39 is 17.3 Å². The first kappa shape index (κ1) is 27.6. The van der Waals surface area contributed by atoms with Crippen molar-refractivity contribution in [2.45, 2.75) is 63.6 Å². The molecule has 1 fully saturated rings. The molecule has 4 aromatic rings. The van der Waals surface area contributed by atoms with Crippen LogP contribution in [-0.4, -0.2) is 38.7 Å². The third kappa shape index (κ3) is 3.76. The van der Waals surface area contributed by atoms with Crippen molar-refractivity contribution in [2.24, 2.45) is 5.92 Å². The third-order valence-corrected chi connectivity index (χ3v) is 9.84. The molecule has 0 unspecified atom stereocenters. The predicted molar refractivity (Wildman–Crippen MR) is 163 cm³/mol. The van der Waals surface area contributed by atoms with Crippen LogP contribution in [0.4, 0.5) is 10.1 Å². The van der Waals surface area contributed by atoms with Crippen molar-refractivity contribution < 1.29 is 14.0 Å². The molecule has 3 aliphatic heterocycles. The molecule has 6 nitrogen and oxygen atoms in total. The van der Waals surface area contributed by atoms with Gasteiger partial charge in [-0.15, -0.1) is 0 Å². The van der Waals surface area contributed by atoms with Crippen LogP contribution in [0.25, 0.3) is 11.0 Å². The topological polar surface area (TPSA) is 67.2 Å². The maximum atomic E-state index is 16.2. The molecule has 1 amide bonds. The number of ketones is 1. The summed E-state index contributed by atoms with van der Waals surface area (Å²) in [6.45, 7) is 7.44. The summed E-state index contributed by atoms with van der Waals surface area (Å²) in [5, 5.41) is 3.64. The number of nitrogens with zero attached hydrogens (tertiary/aromatic N) is 3. The number of anilines is 1. The molecule has 1 N–H and O–H groups in total. The number of carbonyl (C=O) groups is 2. The van der Waals surface area contributed by atoms with E-state index in [1.165, 1.54) is 6.07 Å². The summed E-state index contributed by atoms with van der Waals surface area (Å²) in [5.74, 6) is -0.581. The van der Waals surface area contributed by atoms with Crippen LogP contribution in [0.5, 0.6) is 0 Å². The van der Waals surface area contributed by atoms with Crippen LogP contribution < -0.4 is 5.32 Å². The highest BCUT2D eigenvalue weighted by Gasteiger charge is 2.68. The number of benzene rings is 3. The number of aryl methyl sites for hydroxylation is 1. The molecule has 216 valence electrons. The van der Waals surface area contributed by atoms with Crippen molar-refractivity contribution in [3.8, 4) is 0 Å². The average molecular weight is 606 g/mol. The fraction of sp³-hybridized carbons (Fsp3) is 0.364. The van der Waals surface area contributed by atoms with Crippen LogP contribution in [-0.2, 0) is 16.9 Å². The zero-order chi connectivity index (χ0) is 29.5. The summed E-state index contributed by atoms with van der Waals surface area (Å²) in [4.78, 5) is 34.5. The van der Waals surface area contributed by atoms with Gasteiger partial charge in [-0.3, -0.25) is 14.5 Å². The number of hydrogen-bond acceptors (Lipinski definition) is 4. The molecule has 0 radical (unpaired) electrons. The maximum Gasteiger partial charge on any atom is 0.250 e. The Morgan fingerprint density at radius 3 is 2.74 bits per heavy atom. The maximum absolute atomic E-state index is 16.2. The lowest BCUT2D eigenvalue weighted by Gasteiger charge is -2.40. The average Bonchev–Trinajstić information content (AvgIpc) is 3.57. The number of Topliss-reactive ketones (excluding diaryl/α,β-unsaturated/α-hetero) is 1. The molecule has 4 atom stereocenters. The Bertz CT molecular complexity index is 1790. The van der Waals surface area contributed by atoms with Gasteiger partial charge in [-0.1, -0.05) is 62.2 Å². The Kier molecular flexibility index (Phi) is 6.50. The smallest absolute Gasteiger partial charge is 0.250 e. The van der Waals surface area contributed by atoms with E-state index in [0.29, 0.717) is 41.3 Å². The standard InChI is InChI=1S/C33H31Cl2FN4O2/c1-4-27(41)18-8-11-25-24(14-18)37-31-28-26(12-13-39(25)31)40(16-17(2)3)33(29(28)20-6-5-7-22(35)30(20)36)21-10-9-19(34)15-23(21)38-32(33)42/h5-11,14-15,17,26,28-29H,4,12-13,16H2,1-3H3,(H,38,42)/t26-,28+,29-,33+/m0/s1. The number of hydrogen-bond donors (Lipinski definition) is 1. The number of carbonyl (C=O) groups excluding carboxylic acids is 2. The lowest BCUT2D eigenvalue weighted by Crippen LogP contribution is -2.53. The van der Waals surface area contributed by atoms with Crippen LogP contribution in [0.3, 0.4) is 0 Å². The molecule has 0 aliphatic carbocycles. The molecule has 1 aromatic heterocycles. The Balaban J connectivity index is 1.54. The van der Waals surface area contributed by atoms with Crippen LogP contribution >= 0.6 is 23.2 Å². The van der Waals surface area contributed by atoms with E-state index in [-0.39, 0.29) is 34.6 Å². The molecule has 1 saturated heterocycles. The Morgan fingerprint density at radius 1 is 1.17 bits per heavy atom. The minimum atomic E-state index is -1.21. The van der Waals surface area contributed by atoms with Gasteiger partial charge in [0.2, 0.25) is 5.91 Å². The summed E-state index contributed by atoms with van der Waals surface area (Å²) in [7, 11) is 0. The second kappa shape index (κ2) is 9.90. The highest BCUT2D eigenvalue weighted by molar-refractivity contribution is 6.31. The van der Waals surface area contributed by atoms with Gasteiger partial charge in [0.05, 0.1) is 16.1 Å². The second-order valence-electron chi connectivity index (χ2n) is 12.1. The van der Waals surface area contributed by atoms with Crippen molar-refractivity contribution >= 4 is 51.6 Å². The van der Waals surface area contributed by atoms with E-state index in [1.807, 2.05) is 31.2 Å². The first-order valence-corrected chi connectivity index (χ1v) is 15.3. The van der Waals surface area contributed by atoms with Crippen molar-refractivity contribution in [3.63, 3.8) is 0 Å². The summed E-state index contributed by atoms with van der Waals surface area (Å²) in [5.41, 5.74) is 2.90. The van der Waals surface area contributed by atoms with Gasteiger partial charge < -0.3 is 9.88 Å². The van der Waals surface area contributed by atoms with Crippen molar-refractivity contribution in [1.29, 1.82) is 0 Å². The van der Waals surface area contributed by atoms with Crippen molar-refractivity contribution in [3.05, 3.63) is 93.0 Å². The van der Waals surface area contributed by atoms with Crippen molar-refractivity contribution in [2.75, 3.05) is 11.9 Å². The molecule has 9 heteroatoms. The third-order valence-electron chi connectivity index (χ3n) is 9.31. The molecule has 7 rings (SSSR count). The van der Waals surface area contributed by atoms with Crippen LogP contribution in [0.15, 0.2) is 54.6 Å². The molecule has 1 spiro atoms. The first-order valence-electron chi connectivity index (χ1n) is 14.5. The van der Waals surface area contributed by atoms with E-state index >= 15 is 4.39 Å². The number of likely N-dealkylation sites (tertiary alicyclic amines) is 1. The van der Waals surface area contributed by atoms with E-state index in [2.05, 4.69) is 28.6 Å². The van der Waals surface area contributed by atoms with Crippen molar-refractivity contribution in [1.82, 2.24) is 14.5 Å². The molecule has 3 aliphatic rings. The number of halogens is 3. The lowest BCUT2D eigenvalue weighted by atomic mass is 9.70. The Labute approximate surface area is 253 Å². The summed E-state index contributed by atoms with van der Waals surface area (Å²) >= 11 is 12.8. The van der Waals surface area contributed by atoms with Gasteiger partial charge in [0.1, 0.15) is 17.2 Å². The van der Waals surface area contributed by atoms with Gasteiger partial charge in [0.15, 0.2) is 5.78 Å². The van der Waals surface area contributed by atoms with Gasteiger partial charge in [0, 0.05) is 59.2 Å². The number of imidazole rings is 1. The predicted octanol–water partition coefficient (Wildman–Crippen LogP) is 7.53. The highest BCUT2D eigenvalue weighted by atomic mass is 35.5. The molecule has 3 aromatic carbocycles. The summed E-state index contributed by atoms with van der Waals surface area (Å²) < 4.78 is 18.4. The largest absolute Gasteiger partial charge is 0.328 e. The Morgan fingerprint density at radius 2 is 1.98 bits per heavy atom. The Hall–Kier alpha value is -3.26. The second-order valence-corrected chi connectivity index (χ2v) is 12.9. The van der Waals surface area contributed by atoms with E-state index in [4.69, 9.17) is 28.2 Å². The number of amides is 1. The lowest BCUT2D eigenvalue weighted by molar-refractivity contribution is -0.128. The SMILES string of the molecule is CCC(=O)c1ccc2c(c1)nc1n2CC[C@H]2[C@@H]1[C@H](c1cccc(Cl)c1F)[C@]1(C(=O)Nc3cc(Cl)ccc31)N2CC(C)C. The van der Waals surface area contributed by atoms with Crippen LogP contribution in [0.2, 0.25) is 10.0 Å². The van der Waals surface area contributed by atoms with Gasteiger partial charge >= 0.3 is 0 Å². The number of fused-ring (bicyclic) bond motifs is 7. The fourth-order valence-corrected chi connectivity index (χ4v) is 8.14. The number of rotatable bonds is 5. The fourth-order valence-electron chi connectivity index (χ4n) is 7.79. The monoisotopic (exact) mass is 604 g/mol. The van der Waals surface area contributed by atoms with E-state index in [9.17, 15) is 9.59 Å². The first-order chi connectivity index (χ1) is 20.2. The minimum Gasteiger partial charge on any atom is -0.328 e. The highest BCUT2D eigenvalue weighted by Crippen LogP contribution is 2.64. The zero-order valence-corrected chi connectivity index (χ0v) is 25.1. The molecular weight excluding hydrogens is 574 g/mol. The van der Waals surface area contributed by atoms with Crippen LogP contribution in [0.1, 0.15) is 72.8 Å². The number of nitrogens with one attached hydrogen (secondary N) is 1. The van der Waals surface area contributed by atoms with E-state index in [1.54, 1.807) is 24.3 Å². The molecule has 4 heterocycles. The quantitative estimate of drug-likeness (QED) is 0.239. The zero-order valence-electron chi connectivity index (χ0n) is 23.6. The number of aromatic nitrogens is 2. The van der Waals surface area contributed by atoms with Gasteiger partial charge in [0.25, 0.3) is 0 Å². The summed E-state index contributed by atoms with van der Waals surface area (Å²) in [6.07, 6.45) is 1.16. The van der Waals surface area contributed by atoms with Crippen LogP contribution in [0, 0.1) is 11.7 Å². The van der Waals surface area contributed by atoms with Gasteiger partial charge in [-0.2, -0.15) is 0 Å². The molecular formula is C33H31Cl2FN4O2. The normalized spacial score (nSPS) is 24.7. The molecule has 0 bridgehead atoms. The molecule has 0 saturated carbocycles. The summed E-state index contributed by atoms with van der Waals surface area (Å²) in [6, 6.07) is 16.1. The van der Waals surface area contributed by atoms with Gasteiger partial charge in [-0.25, -0.2) is 9.37 Å². The molecule has 42 heavy (non-hydrogen) atoms. The van der Waals surface area contributed by atoms with E-state index in [0.717, 1.165) is 28.8 Å².